The highest BCUT2D eigenvalue weighted by Gasteiger charge is 2.24. The molecule has 0 aliphatic heterocycles. The third-order valence-electron chi connectivity index (χ3n) is 5.84. The van der Waals surface area contributed by atoms with Gasteiger partial charge in [0, 0.05) is 0 Å². The zero-order valence-corrected chi connectivity index (χ0v) is 20.0. The Hall–Kier alpha value is -4.12. The van der Waals surface area contributed by atoms with Crippen LogP contribution in [0.25, 0.3) is 0 Å². The van der Waals surface area contributed by atoms with E-state index in [4.69, 9.17) is 4.74 Å². The maximum absolute atomic E-state index is 10.4. The third kappa shape index (κ3) is 4.37. The lowest BCUT2D eigenvalue weighted by Gasteiger charge is -2.32. The van der Waals surface area contributed by atoms with Gasteiger partial charge in [0.05, 0.1) is 17.1 Å². The van der Waals surface area contributed by atoms with E-state index in [1.807, 2.05) is 65.0 Å². The first kappa shape index (κ1) is 23.1. The van der Waals surface area contributed by atoms with E-state index in [2.05, 4.69) is 4.90 Å². The zero-order valence-electron chi connectivity index (χ0n) is 20.0. The minimum atomic E-state index is 0.0564. The van der Waals surface area contributed by atoms with Gasteiger partial charge in [0.15, 0.2) is 17.2 Å². The largest absolute Gasteiger partial charge is 0.508 e. The summed E-state index contributed by atoms with van der Waals surface area (Å²) in [5.74, 6) is 1.38. The Balaban J connectivity index is 2.00. The summed E-state index contributed by atoms with van der Waals surface area (Å²) in [7, 11) is 0. The van der Waals surface area contributed by atoms with Crippen molar-refractivity contribution in [2.45, 2.75) is 34.6 Å². The highest BCUT2D eigenvalue weighted by Crippen LogP contribution is 2.48. The lowest BCUT2D eigenvalue weighted by atomic mass is 10.0. The second-order valence-electron chi connectivity index (χ2n) is 8.73. The number of hydrogen-bond donors (Lipinski definition) is 3. The SMILES string of the molecule is Cc1ccc(O)c(Oc2ccccc2N(c2c(C)cc(O)cc2C)c2c(C)cc(O)cc2C)c1. The number of rotatable bonds is 5. The minimum absolute atomic E-state index is 0.0564. The Morgan fingerprint density at radius 3 is 1.62 bits per heavy atom. The van der Waals surface area contributed by atoms with E-state index < -0.39 is 0 Å². The monoisotopic (exact) mass is 455 g/mol. The number of benzene rings is 4. The van der Waals surface area contributed by atoms with E-state index in [-0.39, 0.29) is 17.2 Å². The van der Waals surface area contributed by atoms with Gasteiger partial charge in [0.1, 0.15) is 11.5 Å². The molecule has 4 aromatic rings. The summed E-state index contributed by atoms with van der Waals surface area (Å²) in [5.41, 5.74) is 7.08. The molecule has 0 bridgehead atoms. The standard InChI is InChI=1S/C29H29NO4/c1-17-10-11-25(33)27(12-17)34-26-9-7-6-8-24(26)30(28-18(2)13-22(31)14-19(28)3)29-20(4)15-23(32)16-21(29)5/h6-16,31-33H,1-5H3. The topological polar surface area (TPSA) is 73.2 Å². The second kappa shape index (κ2) is 9.02. The average Bonchev–Trinajstić information content (AvgIpc) is 2.74. The van der Waals surface area contributed by atoms with Crippen molar-refractivity contribution in [3.63, 3.8) is 0 Å². The fraction of sp³-hybridized carbons (Fsp3) is 0.172. The fourth-order valence-electron chi connectivity index (χ4n) is 4.47. The molecule has 4 rings (SSSR count). The van der Waals surface area contributed by atoms with E-state index in [9.17, 15) is 15.3 Å². The number of nitrogens with zero attached hydrogens (tertiary/aromatic N) is 1. The van der Waals surface area contributed by atoms with Gasteiger partial charge in [0.2, 0.25) is 0 Å². The third-order valence-corrected chi connectivity index (χ3v) is 5.84. The number of anilines is 3. The summed E-state index contributed by atoms with van der Waals surface area (Å²) in [4.78, 5) is 2.09. The molecule has 0 aromatic heterocycles. The van der Waals surface area contributed by atoms with Gasteiger partial charge in [-0.2, -0.15) is 0 Å². The lowest BCUT2D eigenvalue weighted by molar-refractivity contribution is 0.411. The van der Waals surface area contributed by atoms with Crippen LogP contribution in [0.2, 0.25) is 0 Å². The van der Waals surface area contributed by atoms with Gasteiger partial charge >= 0.3 is 0 Å². The molecule has 0 aliphatic rings. The highest BCUT2D eigenvalue weighted by molar-refractivity contribution is 5.86. The van der Waals surface area contributed by atoms with Gasteiger partial charge in [-0.25, -0.2) is 0 Å². The molecule has 5 nitrogen and oxygen atoms in total. The number of para-hydroxylation sites is 2. The van der Waals surface area contributed by atoms with Crippen LogP contribution in [-0.2, 0) is 0 Å². The Bertz CT molecular complexity index is 1270. The van der Waals surface area contributed by atoms with Crippen molar-refractivity contribution in [3.05, 3.63) is 94.5 Å². The molecule has 0 spiro atoms. The molecular weight excluding hydrogens is 426 g/mol. The molecule has 0 aliphatic carbocycles. The molecule has 3 N–H and O–H groups in total. The molecule has 0 saturated heterocycles. The summed E-state index contributed by atoms with van der Waals surface area (Å²) < 4.78 is 6.26. The van der Waals surface area contributed by atoms with Crippen molar-refractivity contribution in [2.24, 2.45) is 0 Å². The van der Waals surface area contributed by atoms with Crippen LogP contribution in [0.1, 0.15) is 27.8 Å². The maximum Gasteiger partial charge on any atom is 0.169 e. The normalized spacial score (nSPS) is 10.9. The summed E-state index contributed by atoms with van der Waals surface area (Å²) in [5, 5.41) is 30.8. The molecule has 174 valence electrons. The summed E-state index contributed by atoms with van der Waals surface area (Å²) in [6.45, 7) is 9.76. The molecule has 0 radical (unpaired) electrons. The van der Waals surface area contributed by atoms with E-state index in [0.29, 0.717) is 11.5 Å². The van der Waals surface area contributed by atoms with Crippen molar-refractivity contribution in [1.29, 1.82) is 0 Å². The Kier molecular flexibility index (Phi) is 6.12. The number of phenols is 3. The quantitative estimate of drug-likeness (QED) is 0.289. The molecule has 0 atom stereocenters. The Morgan fingerprint density at radius 1 is 0.588 bits per heavy atom. The van der Waals surface area contributed by atoms with Crippen LogP contribution in [0.5, 0.6) is 28.7 Å². The second-order valence-corrected chi connectivity index (χ2v) is 8.73. The number of hydrogen-bond acceptors (Lipinski definition) is 5. The first-order valence-corrected chi connectivity index (χ1v) is 11.1. The molecule has 0 heterocycles. The first-order chi connectivity index (χ1) is 16.2. The Morgan fingerprint density at radius 2 is 1.09 bits per heavy atom. The molecular formula is C29H29NO4. The zero-order chi connectivity index (χ0) is 24.6. The Labute approximate surface area is 200 Å². The smallest absolute Gasteiger partial charge is 0.169 e. The van der Waals surface area contributed by atoms with Crippen LogP contribution < -0.4 is 9.64 Å². The maximum atomic E-state index is 10.4. The molecule has 0 unspecified atom stereocenters. The summed E-state index contributed by atoms with van der Waals surface area (Å²) in [6, 6.07) is 19.8. The van der Waals surface area contributed by atoms with Crippen molar-refractivity contribution in [3.8, 4) is 28.7 Å². The predicted octanol–water partition coefficient (Wildman–Crippen LogP) is 7.61. The number of aromatic hydroxyl groups is 3. The molecule has 0 amide bonds. The van der Waals surface area contributed by atoms with Gasteiger partial charge < -0.3 is 25.0 Å². The first-order valence-electron chi connectivity index (χ1n) is 11.1. The van der Waals surface area contributed by atoms with Crippen molar-refractivity contribution in [1.82, 2.24) is 0 Å². The number of phenolic OH excluding ortho intramolecular Hbond substituents is 3. The minimum Gasteiger partial charge on any atom is -0.508 e. The van der Waals surface area contributed by atoms with E-state index >= 15 is 0 Å². The number of ether oxygens (including phenoxy) is 1. The van der Waals surface area contributed by atoms with E-state index in [1.54, 1.807) is 36.4 Å². The van der Waals surface area contributed by atoms with Gasteiger partial charge in [-0.05, 0) is 111 Å². The molecule has 0 fully saturated rings. The average molecular weight is 456 g/mol. The van der Waals surface area contributed by atoms with Gasteiger partial charge in [-0.1, -0.05) is 18.2 Å². The van der Waals surface area contributed by atoms with Crippen molar-refractivity contribution < 1.29 is 20.1 Å². The molecule has 4 aromatic carbocycles. The highest BCUT2D eigenvalue weighted by atomic mass is 16.5. The van der Waals surface area contributed by atoms with Crippen LogP contribution in [0, 0.1) is 34.6 Å². The van der Waals surface area contributed by atoms with Crippen molar-refractivity contribution in [2.75, 3.05) is 4.90 Å². The lowest BCUT2D eigenvalue weighted by Crippen LogP contribution is -2.16. The predicted molar refractivity (Wildman–Crippen MR) is 136 cm³/mol. The van der Waals surface area contributed by atoms with E-state index in [1.165, 1.54) is 0 Å². The van der Waals surface area contributed by atoms with Crippen LogP contribution >= 0.6 is 0 Å². The van der Waals surface area contributed by atoms with Gasteiger partial charge in [0.25, 0.3) is 0 Å². The van der Waals surface area contributed by atoms with E-state index in [0.717, 1.165) is 44.9 Å². The fourth-order valence-corrected chi connectivity index (χ4v) is 4.47. The molecule has 5 heteroatoms. The van der Waals surface area contributed by atoms with Crippen molar-refractivity contribution >= 4 is 17.1 Å². The van der Waals surface area contributed by atoms with Crippen LogP contribution in [-0.4, -0.2) is 15.3 Å². The molecule has 0 saturated carbocycles. The van der Waals surface area contributed by atoms with Crippen LogP contribution in [0.4, 0.5) is 17.1 Å². The number of aryl methyl sites for hydroxylation is 5. The summed E-state index contributed by atoms with van der Waals surface area (Å²) in [6.07, 6.45) is 0. The van der Waals surface area contributed by atoms with Gasteiger partial charge in [-0.15, -0.1) is 0 Å². The van der Waals surface area contributed by atoms with Gasteiger partial charge in [-0.3, -0.25) is 0 Å². The summed E-state index contributed by atoms with van der Waals surface area (Å²) >= 11 is 0. The van der Waals surface area contributed by atoms with Crippen LogP contribution in [0.3, 0.4) is 0 Å². The van der Waals surface area contributed by atoms with Crippen LogP contribution in [0.15, 0.2) is 66.7 Å². The molecule has 34 heavy (non-hydrogen) atoms.